The molecule has 0 heterocycles. The average molecular weight is 259 g/mol. The van der Waals surface area contributed by atoms with Gasteiger partial charge in [-0.05, 0) is 27.2 Å². The summed E-state index contributed by atoms with van der Waals surface area (Å²) in [6, 6.07) is 0. The van der Waals surface area contributed by atoms with Crippen LogP contribution in [0.15, 0.2) is 0 Å². The summed E-state index contributed by atoms with van der Waals surface area (Å²) in [7, 11) is 0. The summed E-state index contributed by atoms with van der Waals surface area (Å²) >= 11 is 0. The number of carbonyl (C=O) groups is 1. The summed E-state index contributed by atoms with van der Waals surface area (Å²) in [4.78, 5) is 11.3. The van der Waals surface area contributed by atoms with E-state index in [0.29, 0.717) is 0 Å². The molecule has 0 fully saturated rings. The lowest BCUT2D eigenvalue weighted by atomic mass is 10.1. The Morgan fingerprint density at radius 3 is 2.00 bits per heavy atom. The predicted molar refractivity (Wildman–Crippen MR) is 79.0 cm³/mol. The standard InChI is InChI=1S/C13H27NO2.C2H6/c1-5-6-7-8-9-10-11-14-12(15)16-13(2,3)4;1-2/h5-11H2,1-4H3,(H,14,15);1-2H3. The molecule has 0 spiro atoms. The van der Waals surface area contributed by atoms with E-state index in [2.05, 4.69) is 12.2 Å². The maximum atomic E-state index is 11.3. The molecule has 0 saturated heterocycles. The molecule has 0 saturated carbocycles. The second-order valence-electron chi connectivity index (χ2n) is 5.20. The summed E-state index contributed by atoms with van der Waals surface area (Å²) in [5, 5.41) is 2.77. The molecule has 0 aliphatic rings. The number of unbranched alkanes of at least 4 members (excludes halogenated alkanes) is 5. The van der Waals surface area contributed by atoms with Gasteiger partial charge in [0.15, 0.2) is 0 Å². The minimum atomic E-state index is -0.398. The van der Waals surface area contributed by atoms with Crippen molar-refractivity contribution in [3.05, 3.63) is 0 Å². The van der Waals surface area contributed by atoms with E-state index in [0.717, 1.165) is 13.0 Å². The maximum Gasteiger partial charge on any atom is 0.407 e. The van der Waals surface area contributed by atoms with Crippen LogP contribution in [-0.4, -0.2) is 18.2 Å². The van der Waals surface area contributed by atoms with Gasteiger partial charge in [0.25, 0.3) is 0 Å². The fourth-order valence-electron chi connectivity index (χ4n) is 1.41. The van der Waals surface area contributed by atoms with Crippen LogP contribution in [0.1, 0.15) is 80.1 Å². The normalized spacial score (nSPS) is 10.3. The zero-order chi connectivity index (χ0) is 14.4. The van der Waals surface area contributed by atoms with Crippen molar-refractivity contribution in [2.24, 2.45) is 0 Å². The third-order valence-corrected chi connectivity index (χ3v) is 2.20. The van der Waals surface area contributed by atoms with E-state index in [1.54, 1.807) is 0 Å². The molecule has 0 aliphatic heterocycles. The first-order valence-corrected chi connectivity index (χ1v) is 7.42. The van der Waals surface area contributed by atoms with E-state index in [4.69, 9.17) is 4.74 Å². The molecule has 1 amide bonds. The minimum Gasteiger partial charge on any atom is -0.444 e. The molecule has 0 aromatic heterocycles. The van der Waals surface area contributed by atoms with E-state index in [-0.39, 0.29) is 6.09 Å². The van der Waals surface area contributed by atoms with E-state index < -0.39 is 5.60 Å². The number of hydrogen-bond acceptors (Lipinski definition) is 2. The van der Waals surface area contributed by atoms with Crippen LogP contribution in [0.25, 0.3) is 0 Å². The zero-order valence-corrected chi connectivity index (χ0v) is 13.3. The molecule has 0 rings (SSSR count). The quantitative estimate of drug-likeness (QED) is 0.660. The van der Waals surface area contributed by atoms with E-state index in [1.165, 1.54) is 32.1 Å². The lowest BCUT2D eigenvalue weighted by Crippen LogP contribution is -2.32. The van der Waals surface area contributed by atoms with Gasteiger partial charge in [0.05, 0.1) is 0 Å². The van der Waals surface area contributed by atoms with Crippen LogP contribution in [-0.2, 0) is 4.74 Å². The first-order chi connectivity index (χ1) is 8.45. The summed E-state index contributed by atoms with van der Waals surface area (Å²) in [6.07, 6.45) is 7.10. The smallest absolute Gasteiger partial charge is 0.407 e. The van der Waals surface area contributed by atoms with Crippen molar-refractivity contribution in [1.82, 2.24) is 5.32 Å². The Labute approximate surface area is 114 Å². The topological polar surface area (TPSA) is 38.3 Å². The van der Waals surface area contributed by atoms with Crippen molar-refractivity contribution in [3.63, 3.8) is 0 Å². The van der Waals surface area contributed by atoms with Crippen molar-refractivity contribution in [2.45, 2.75) is 85.7 Å². The minimum absolute atomic E-state index is 0.305. The number of nitrogens with one attached hydrogen (secondary N) is 1. The molecule has 3 nitrogen and oxygen atoms in total. The summed E-state index contributed by atoms with van der Waals surface area (Å²) in [5.41, 5.74) is -0.398. The number of rotatable bonds is 7. The van der Waals surface area contributed by atoms with Crippen LogP contribution in [0.3, 0.4) is 0 Å². The molecule has 110 valence electrons. The largest absolute Gasteiger partial charge is 0.444 e. The molecule has 1 N–H and O–H groups in total. The van der Waals surface area contributed by atoms with Gasteiger partial charge in [-0.3, -0.25) is 0 Å². The van der Waals surface area contributed by atoms with Crippen LogP contribution in [0.4, 0.5) is 4.79 Å². The van der Waals surface area contributed by atoms with Gasteiger partial charge in [-0.15, -0.1) is 0 Å². The predicted octanol–water partition coefficient (Wildman–Crippen LogP) is 4.90. The van der Waals surface area contributed by atoms with Gasteiger partial charge in [0.1, 0.15) is 5.60 Å². The van der Waals surface area contributed by atoms with E-state index >= 15 is 0 Å². The van der Waals surface area contributed by atoms with Crippen LogP contribution in [0.2, 0.25) is 0 Å². The molecule has 0 aromatic carbocycles. The molecule has 0 radical (unpaired) electrons. The number of amides is 1. The summed E-state index contributed by atoms with van der Waals surface area (Å²) in [6.45, 7) is 12.6. The first-order valence-electron chi connectivity index (χ1n) is 7.42. The highest BCUT2D eigenvalue weighted by Crippen LogP contribution is 2.07. The number of alkyl carbamates (subject to hydrolysis) is 1. The maximum absolute atomic E-state index is 11.3. The van der Waals surface area contributed by atoms with Gasteiger partial charge in [-0.2, -0.15) is 0 Å². The number of ether oxygens (including phenoxy) is 1. The fraction of sp³-hybridized carbons (Fsp3) is 0.933. The van der Waals surface area contributed by atoms with Crippen molar-refractivity contribution < 1.29 is 9.53 Å². The van der Waals surface area contributed by atoms with Crippen LogP contribution >= 0.6 is 0 Å². The van der Waals surface area contributed by atoms with Crippen LogP contribution in [0.5, 0.6) is 0 Å². The second kappa shape index (κ2) is 12.7. The molecule has 0 aliphatic carbocycles. The van der Waals surface area contributed by atoms with Gasteiger partial charge in [-0.1, -0.05) is 52.9 Å². The zero-order valence-electron chi connectivity index (χ0n) is 13.3. The molecule has 0 bridgehead atoms. The van der Waals surface area contributed by atoms with Gasteiger partial charge in [0.2, 0.25) is 0 Å². The Bertz CT molecular complexity index is 185. The van der Waals surface area contributed by atoms with Crippen molar-refractivity contribution >= 4 is 6.09 Å². The van der Waals surface area contributed by atoms with Crippen molar-refractivity contribution in [2.75, 3.05) is 6.54 Å². The second-order valence-corrected chi connectivity index (χ2v) is 5.20. The lowest BCUT2D eigenvalue weighted by molar-refractivity contribution is 0.0527. The first kappa shape index (κ1) is 19.6. The molecule has 0 aromatic rings. The number of hydrogen-bond donors (Lipinski definition) is 1. The Hall–Kier alpha value is -0.730. The molecular weight excluding hydrogens is 226 g/mol. The average Bonchev–Trinajstić information content (AvgIpc) is 2.28. The Morgan fingerprint density at radius 2 is 1.50 bits per heavy atom. The summed E-state index contributed by atoms with van der Waals surface area (Å²) < 4.78 is 5.13. The Morgan fingerprint density at radius 1 is 1.00 bits per heavy atom. The highest BCUT2D eigenvalue weighted by atomic mass is 16.6. The fourth-order valence-corrected chi connectivity index (χ4v) is 1.41. The Balaban J connectivity index is 0. The van der Waals surface area contributed by atoms with Crippen molar-refractivity contribution in [1.29, 1.82) is 0 Å². The highest BCUT2D eigenvalue weighted by molar-refractivity contribution is 5.67. The third-order valence-electron chi connectivity index (χ3n) is 2.20. The SMILES string of the molecule is CC.CCCCCCCCNC(=O)OC(C)(C)C. The number of carbonyl (C=O) groups excluding carboxylic acids is 1. The Kier molecular flexibility index (Phi) is 13.9. The van der Waals surface area contributed by atoms with Crippen LogP contribution in [0, 0.1) is 0 Å². The van der Waals surface area contributed by atoms with E-state index in [9.17, 15) is 4.79 Å². The molecule has 0 atom stereocenters. The monoisotopic (exact) mass is 259 g/mol. The van der Waals surface area contributed by atoms with Crippen molar-refractivity contribution in [3.8, 4) is 0 Å². The molecule has 3 heteroatoms. The van der Waals surface area contributed by atoms with Crippen LogP contribution < -0.4 is 5.32 Å². The summed E-state index contributed by atoms with van der Waals surface area (Å²) in [5.74, 6) is 0. The molecule has 18 heavy (non-hydrogen) atoms. The van der Waals surface area contributed by atoms with Gasteiger partial charge in [0, 0.05) is 6.54 Å². The highest BCUT2D eigenvalue weighted by Gasteiger charge is 2.15. The third kappa shape index (κ3) is 17.7. The lowest BCUT2D eigenvalue weighted by Gasteiger charge is -2.19. The molecule has 0 unspecified atom stereocenters. The molecular formula is C15H33NO2. The van der Waals surface area contributed by atoms with Gasteiger partial charge in [-0.25, -0.2) is 4.79 Å². The van der Waals surface area contributed by atoms with E-state index in [1.807, 2.05) is 34.6 Å². The van der Waals surface area contributed by atoms with Gasteiger partial charge >= 0.3 is 6.09 Å². The van der Waals surface area contributed by atoms with Gasteiger partial charge < -0.3 is 10.1 Å².